The van der Waals surface area contributed by atoms with Gasteiger partial charge in [-0.1, -0.05) is 27.7 Å². The molecule has 0 aliphatic rings. The maximum Gasteiger partial charge on any atom is 0.0982 e. The van der Waals surface area contributed by atoms with Gasteiger partial charge in [-0.05, 0) is 6.26 Å². The van der Waals surface area contributed by atoms with Crippen LogP contribution in [0.4, 0.5) is 0 Å². The zero-order valence-electron chi connectivity index (χ0n) is 10.8. The molecule has 1 heterocycles. The van der Waals surface area contributed by atoms with Crippen LogP contribution in [0.15, 0.2) is 5.38 Å². The number of aromatic nitrogens is 1. The van der Waals surface area contributed by atoms with Gasteiger partial charge in [0.15, 0.2) is 0 Å². The summed E-state index contributed by atoms with van der Waals surface area (Å²) in [7, 11) is 0. The Morgan fingerprint density at radius 1 is 1.50 bits per heavy atom. The van der Waals surface area contributed by atoms with Gasteiger partial charge in [-0.25, -0.2) is 4.98 Å². The van der Waals surface area contributed by atoms with Gasteiger partial charge in [0.1, 0.15) is 0 Å². The van der Waals surface area contributed by atoms with Gasteiger partial charge in [0.25, 0.3) is 0 Å². The van der Waals surface area contributed by atoms with E-state index < -0.39 is 0 Å². The second-order valence-corrected chi connectivity index (χ2v) is 7.21. The molecule has 0 saturated heterocycles. The Labute approximate surface area is 107 Å². The van der Waals surface area contributed by atoms with E-state index in [0.717, 1.165) is 13.1 Å². The van der Waals surface area contributed by atoms with Crippen molar-refractivity contribution in [2.45, 2.75) is 44.9 Å². The number of hydrogen-bond acceptors (Lipinski definition) is 4. The number of rotatable bonds is 5. The topological polar surface area (TPSA) is 24.9 Å². The average molecular weight is 258 g/mol. The zero-order valence-corrected chi connectivity index (χ0v) is 12.5. The second kappa shape index (κ2) is 6.03. The lowest BCUT2D eigenvalue weighted by atomic mass is 9.98. The first-order chi connectivity index (χ1) is 7.43. The summed E-state index contributed by atoms with van der Waals surface area (Å²) < 4.78 is 0. The van der Waals surface area contributed by atoms with E-state index in [9.17, 15) is 0 Å². The first-order valence-electron chi connectivity index (χ1n) is 5.62. The molecular formula is C12H22N2S2. The number of nitrogens with one attached hydrogen (secondary N) is 1. The molecule has 1 aromatic rings. The maximum atomic E-state index is 4.65. The van der Waals surface area contributed by atoms with Crippen LogP contribution in [0.3, 0.4) is 0 Å². The van der Waals surface area contributed by atoms with E-state index in [1.54, 1.807) is 11.3 Å². The van der Waals surface area contributed by atoms with E-state index in [1.807, 2.05) is 11.8 Å². The molecule has 0 radical (unpaired) electrons. The summed E-state index contributed by atoms with van der Waals surface area (Å²) in [6, 6.07) is 0. The largest absolute Gasteiger partial charge is 0.310 e. The summed E-state index contributed by atoms with van der Waals surface area (Å²) in [5.74, 6) is 0. The summed E-state index contributed by atoms with van der Waals surface area (Å²) in [6.45, 7) is 10.8. The fourth-order valence-electron chi connectivity index (χ4n) is 1.22. The van der Waals surface area contributed by atoms with E-state index in [1.165, 1.54) is 10.7 Å². The fraction of sp³-hybridized carbons (Fsp3) is 0.750. The van der Waals surface area contributed by atoms with Crippen molar-refractivity contribution in [3.63, 3.8) is 0 Å². The van der Waals surface area contributed by atoms with E-state index >= 15 is 0 Å². The van der Waals surface area contributed by atoms with Crippen molar-refractivity contribution in [1.29, 1.82) is 0 Å². The Bertz CT molecular complexity index is 315. The molecule has 2 nitrogen and oxygen atoms in total. The molecule has 1 unspecified atom stereocenters. The predicted octanol–water partition coefficient (Wildman–Crippen LogP) is 3.28. The van der Waals surface area contributed by atoms with Crippen molar-refractivity contribution >= 4 is 23.1 Å². The van der Waals surface area contributed by atoms with Crippen molar-refractivity contribution in [3.8, 4) is 0 Å². The predicted molar refractivity (Wildman–Crippen MR) is 75.5 cm³/mol. The van der Waals surface area contributed by atoms with Gasteiger partial charge in [0.05, 0.1) is 10.7 Å². The van der Waals surface area contributed by atoms with Gasteiger partial charge >= 0.3 is 0 Å². The maximum absolute atomic E-state index is 4.65. The molecule has 0 saturated carbocycles. The van der Waals surface area contributed by atoms with Crippen molar-refractivity contribution in [2.24, 2.45) is 0 Å². The van der Waals surface area contributed by atoms with Crippen LogP contribution < -0.4 is 5.32 Å². The molecule has 0 aromatic carbocycles. The van der Waals surface area contributed by atoms with E-state index in [-0.39, 0.29) is 5.41 Å². The molecule has 0 aliphatic heterocycles. The summed E-state index contributed by atoms with van der Waals surface area (Å²) >= 11 is 3.65. The lowest BCUT2D eigenvalue weighted by Crippen LogP contribution is -2.22. The van der Waals surface area contributed by atoms with Crippen molar-refractivity contribution < 1.29 is 0 Å². The molecule has 1 rings (SSSR count). The normalized spacial score (nSPS) is 14.1. The van der Waals surface area contributed by atoms with Crippen molar-refractivity contribution in [1.82, 2.24) is 10.3 Å². The van der Waals surface area contributed by atoms with Crippen LogP contribution in [-0.2, 0) is 12.0 Å². The molecule has 0 fully saturated rings. The first kappa shape index (κ1) is 14.0. The highest BCUT2D eigenvalue weighted by Gasteiger charge is 2.17. The summed E-state index contributed by atoms with van der Waals surface area (Å²) in [6.07, 6.45) is 2.15. The Morgan fingerprint density at radius 3 is 2.69 bits per heavy atom. The molecular weight excluding hydrogens is 236 g/mol. The molecule has 0 spiro atoms. The zero-order chi connectivity index (χ0) is 12.2. The van der Waals surface area contributed by atoms with E-state index in [4.69, 9.17) is 0 Å². The highest BCUT2D eigenvalue weighted by Crippen LogP contribution is 2.25. The van der Waals surface area contributed by atoms with Crippen molar-refractivity contribution in [3.05, 3.63) is 16.1 Å². The van der Waals surface area contributed by atoms with E-state index in [2.05, 4.69) is 49.6 Å². The minimum atomic E-state index is 0.176. The van der Waals surface area contributed by atoms with Gasteiger partial charge in [-0.3, -0.25) is 0 Å². The third-order valence-electron chi connectivity index (χ3n) is 2.33. The number of hydrogen-bond donors (Lipinski definition) is 1. The Kier molecular flexibility index (Phi) is 5.28. The van der Waals surface area contributed by atoms with Crippen LogP contribution in [0.1, 0.15) is 38.4 Å². The molecule has 0 bridgehead atoms. The minimum absolute atomic E-state index is 0.176. The molecule has 4 heteroatoms. The van der Waals surface area contributed by atoms with Gasteiger partial charge in [0, 0.05) is 29.1 Å². The first-order valence-corrected chi connectivity index (χ1v) is 7.78. The van der Waals surface area contributed by atoms with Crippen LogP contribution in [0, 0.1) is 0 Å². The Morgan fingerprint density at radius 2 is 2.19 bits per heavy atom. The third-order valence-corrected chi connectivity index (χ3v) is 4.62. The SMILES string of the molecule is CSC(C)CNCc1csc(C(C)(C)C)n1. The van der Waals surface area contributed by atoms with Gasteiger partial charge in [-0.2, -0.15) is 11.8 Å². The molecule has 1 N–H and O–H groups in total. The second-order valence-electron chi connectivity index (χ2n) is 5.07. The van der Waals surface area contributed by atoms with Crippen LogP contribution in [0.5, 0.6) is 0 Å². The quantitative estimate of drug-likeness (QED) is 0.877. The average Bonchev–Trinajstić information content (AvgIpc) is 2.65. The fourth-order valence-corrected chi connectivity index (χ4v) is 2.41. The highest BCUT2D eigenvalue weighted by atomic mass is 32.2. The van der Waals surface area contributed by atoms with E-state index in [0.29, 0.717) is 5.25 Å². The third kappa shape index (κ3) is 4.44. The molecule has 92 valence electrons. The van der Waals surface area contributed by atoms with Crippen LogP contribution in [0.2, 0.25) is 0 Å². The van der Waals surface area contributed by atoms with Crippen LogP contribution in [-0.4, -0.2) is 23.0 Å². The summed E-state index contributed by atoms with van der Waals surface area (Å²) in [5, 5.41) is 7.50. The molecule has 1 atom stereocenters. The van der Waals surface area contributed by atoms with Crippen LogP contribution in [0.25, 0.3) is 0 Å². The number of thioether (sulfide) groups is 1. The number of nitrogens with zero attached hydrogens (tertiary/aromatic N) is 1. The Balaban J connectivity index is 2.41. The lowest BCUT2D eigenvalue weighted by molar-refractivity contribution is 0.579. The molecule has 0 amide bonds. The van der Waals surface area contributed by atoms with Gasteiger partial charge in [-0.15, -0.1) is 11.3 Å². The smallest absolute Gasteiger partial charge is 0.0982 e. The molecule has 1 aromatic heterocycles. The standard InChI is InChI=1S/C12H22N2S2/c1-9(15-5)6-13-7-10-8-16-11(14-10)12(2,3)4/h8-9,13H,6-7H2,1-5H3. The van der Waals surface area contributed by atoms with Crippen molar-refractivity contribution in [2.75, 3.05) is 12.8 Å². The molecule has 16 heavy (non-hydrogen) atoms. The number of thiazole rings is 1. The lowest BCUT2D eigenvalue weighted by Gasteiger charge is -2.13. The summed E-state index contributed by atoms with van der Waals surface area (Å²) in [4.78, 5) is 4.65. The Hall–Kier alpha value is -0.0600. The molecule has 0 aliphatic carbocycles. The van der Waals surface area contributed by atoms with Gasteiger partial charge < -0.3 is 5.32 Å². The van der Waals surface area contributed by atoms with Crippen LogP contribution >= 0.6 is 23.1 Å². The van der Waals surface area contributed by atoms with Gasteiger partial charge in [0.2, 0.25) is 0 Å². The monoisotopic (exact) mass is 258 g/mol. The highest BCUT2D eigenvalue weighted by molar-refractivity contribution is 7.99. The summed E-state index contributed by atoms with van der Waals surface area (Å²) in [5.41, 5.74) is 1.35. The minimum Gasteiger partial charge on any atom is -0.310 e.